The standard InChI is InChI=1S/C18H26N4O2/c1-12(23)20-16-7-14-9-22(18-3-2-6-19-21-18)10-15(14)8-17(16)24-11-13-4-5-13/h2-3,6,13-17H,4-5,7-11H2,1H3,(H,20,23)/t14-,15+,16-,17-/m1/s1. The van der Waals surface area contributed by atoms with Gasteiger partial charge in [0, 0.05) is 32.8 Å². The van der Waals surface area contributed by atoms with Crippen LogP contribution in [0.4, 0.5) is 5.82 Å². The SMILES string of the molecule is CC(=O)N[C@@H]1C[C@@H]2CN(c3cccnn3)C[C@@H]2C[C@H]1OCC1CC1. The highest BCUT2D eigenvalue weighted by Crippen LogP contribution is 2.39. The highest BCUT2D eigenvalue weighted by atomic mass is 16.5. The van der Waals surface area contributed by atoms with E-state index in [4.69, 9.17) is 4.74 Å². The number of hydrogen-bond acceptors (Lipinski definition) is 5. The first kappa shape index (κ1) is 15.8. The molecular weight excluding hydrogens is 304 g/mol. The van der Waals surface area contributed by atoms with Crippen LogP contribution in [0, 0.1) is 17.8 Å². The number of carbonyl (C=O) groups is 1. The fourth-order valence-corrected chi connectivity index (χ4v) is 4.20. The summed E-state index contributed by atoms with van der Waals surface area (Å²) >= 11 is 0. The first-order chi connectivity index (χ1) is 11.7. The number of ether oxygens (including phenoxy) is 1. The minimum absolute atomic E-state index is 0.0438. The molecule has 4 atom stereocenters. The molecule has 1 aromatic rings. The molecule has 0 radical (unpaired) electrons. The summed E-state index contributed by atoms with van der Waals surface area (Å²) in [7, 11) is 0. The molecule has 130 valence electrons. The molecule has 4 rings (SSSR count). The van der Waals surface area contributed by atoms with Gasteiger partial charge in [-0.25, -0.2) is 0 Å². The van der Waals surface area contributed by atoms with Crippen LogP contribution in [0.3, 0.4) is 0 Å². The van der Waals surface area contributed by atoms with Gasteiger partial charge in [-0.15, -0.1) is 5.10 Å². The quantitative estimate of drug-likeness (QED) is 0.889. The van der Waals surface area contributed by atoms with Crippen molar-refractivity contribution in [3.63, 3.8) is 0 Å². The van der Waals surface area contributed by atoms with E-state index < -0.39 is 0 Å². The molecule has 1 saturated heterocycles. The van der Waals surface area contributed by atoms with Crippen molar-refractivity contribution in [1.29, 1.82) is 0 Å². The number of carbonyl (C=O) groups excluding carboxylic acids is 1. The molecule has 24 heavy (non-hydrogen) atoms. The summed E-state index contributed by atoms with van der Waals surface area (Å²) in [5.41, 5.74) is 0. The molecule has 3 fully saturated rings. The Balaban J connectivity index is 1.43. The Hall–Kier alpha value is -1.69. The minimum Gasteiger partial charge on any atom is -0.376 e. The third-order valence-electron chi connectivity index (χ3n) is 5.63. The summed E-state index contributed by atoms with van der Waals surface area (Å²) in [5.74, 6) is 2.95. The van der Waals surface area contributed by atoms with Crippen LogP contribution >= 0.6 is 0 Å². The molecule has 1 aliphatic heterocycles. The summed E-state index contributed by atoms with van der Waals surface area (Å²) < 4.78 is 6.21. The van der Waals surface area contributed by atoms with Crippen molar-refractivity contribution < 1.29 is 9.53 Å². The summed E-state index contributed by atoms with van der Waals surface area (Å²) in [6, 6.07) is 4.10. The molecule has 0 aromatic carbocycles. The topological polar surface area (TPSA) is 67.4 Å². The van der Waals surface area contributed by atoms with Crippen molar-refractivity contribution in [1.82, 2.24) is 15.5 Å². The van der Waals surface area contributed by atoms with Crippen LogP contribution < -0.4 is 10.2 Å². The molecule has 3 aliphatic rings. The van der Waals surface area contributed by atoms with E-state index in [0.717, 1.165) is 44.3 Å². The molecule has 1 aromatic heterocycles. The number of amides is 1. The van der Waals surface area contributed by atoms with Gasteiger partial charge in [-0.2, -0.15) is 5.10 Å². The van der Waals surface area contributed by atoms with Crippen molar-refractivity contribution in [3.8, 4) is 0 Å². The Labute approximate surface area is 143 Å². The van der Waals surface area contributed by atoms with Gasteiger partial charge in [0.05, 0.1) is 12.1 Å². The molecular formula is C18H26N4O2. The van der Waals surface area contributed by atoms with E-state index in [1.54, 1.807) is 13.1 Å². The lowest BCUT2D eigenvalue weighted by molar-refractivity contribution is -0.122. The summed E-state index contributed by atoms with van der Waals surface area (Å²) in [6.07, 6.45) is 6.47. The minimum atomic E-state index is 0.0438. The zero-order chi connectivity index (χ0) is 16.5. The fraction of sp³-hybridized carbons (Fsp3) is 0.722. The second kappa shape index (κ2) is 6.67. The molecule has 2 heterocycles. The first-order valence-electron chi connectivity index (χ1n) is 9.10. The summed E-state index contributed by atoms with van der Waals surface area (Å²) in [4.78, 5) is 13.9. The molecule has 0 spiro atoms. The molecule has 2 aliphatic carbocycles. The Kier molecular flexibility index (Phi) is 4.39. The van der Waals surface area contributed by atoms with Crippen molar-refractivity contribution in [2.24, 2.45) is 17.8 Å². The molecule has 2 saturated carbocycles. The normalized spacial score (nSPS) is 32.5. The van der Waals surface area contributed by atoms with E-state index in [9.17, 15) is 4.79 Å². The van der Waals surface area contributed by atoms with Crippen LogP contribution in [0.15, 0.2) is 18.3 Å². The Morgan fingerprint density at radius 1 is 1.33 bits per heavy atom. The molecule has 6 nitrogen and oxygen atoms in total. The zero-order valence-electron chi connectivity index (χ0n) is 14.2. The van der Waals surface area contributed by atoms with Gasteiger partial charge in [0.2, 0.25) is 5.91 Å². The van der Waals surface area contributed by atoms with Gasteiger partial charge >= 0.3 is 0 Å². The van der Waals surface area contributed by atoms with E-state index in [-0.39, 0.29) is 18.1 Å². The van der Waals surface area contributed by atoms with Gasteiger partial charge in [-0.3, -0.25) is 4.79 Å². The van der Waals surface area contributed by atoms with Crippen LogP contribution in [0.5, 0.6) is 0 Å². The number of nitrogens with one attached hydrogen (secondary N) is 1. The predicted molar refractivity (Wildman–Crippen MR) is 90.5 cm³/mol. The molecule has 0 unspecified atom stereocenters. The highest BCUT2D eigenvalue weighted by molar-refractivity contribution is 5.73. The lowest BCUT2D eigenvalue weighted by Gasteiger charge is -2.38. The number of anilines is 1. The van der Waals surface area contributed by atoms with Crippen LogP contribution in [-0.2, 0) is 9.53 Å². The molecule has 0 bridgehead atoms. The Morgan fingerprint density at radius 3 is 2.79 bits per heavy atom. The number of nitrogens with zero attached hydrogens (tertiary/aromatic N) is 3. The van der Waals surface area contributed by atoms with Crippen LogP contribution in [0.2, 0.25) is 0 Å². The third kappa shape index (κ3) is 3.53. The van der Waals surface area contributed by atoms with Gasteiger partial charge in [0.15, 0.2) is 5.82 Å². The zero-order valence-corrected chi connectivity index (χ0v) is 14.2. The maximum Gasteiger partial charge on any atom is 0.217 e. The van der Waals surface area contributed by atoms with Crippen LogP contribution in [0.25, 0.3) is 0 Å². The molecule has 1 N–H and O–H groups in total. The van der Waals surface area contributed by atoms with Crippen molar-refractivity contribution in [2.75, 3.05) is 24.6 Å². The van der Waals surface area contributed by atoms with Crippen molar-refractivity contribution >= 4 is 11.7 Å². The van der Waals surface area contributed by atoms with Gasteiger partial charge in [0.25, 0.3) is 0 Å². The van der Waals surface area contributed by atoms with Crippen molar-refractivity contribution in [2.45, 2.75) is 44.8 Å². The average molecular weight is 330 g/mol. The lowest BCUT2D eigenvalue weighted by Crippen LogP contribution is -2.50. The first-order valence-corrected chi connectivity index (χ1v) is 9.10. The number of aromatic nitrogens is 2. The van der Waals surface area contributed by atoms with E-state index in [0.29, 0.717) is 11.8 Å². The maximum absolute atomic E-state index is 11.6. The largest absolute Gasteiger partial charge is 0.376 e. The highest BCUT2D eigenvalue weighted by Gasteiger charge is 2.43. The van der Waals surface area contributed by atoms with Gasteiger partial charge < -0.3 is 15.0 Å². The monoisotopic (exact) mass is 330 g/mol. The maximum atomic E-state index is 11.6. The second-order valence-corrected chi connectivity index (χ2v) is 7.60. The van der Waals surface area contributed by atoms with Crippen LogP contribution in [-0.4, -0.2) is 47.9 Å². The Morgan fingerprint density at radius 2 is 2.12 bits per heavy atom. The molecule has 1 amide bonds. The van der Waals surface area contributed by atoms with E-state index >= 15 is 0 Å². The fourth-order valence-electron chi connectivity index (χ4n) is 4.20. The average Bonchev–Trinajstić information content (AvgIpc) is 3.31. The number of rotatable bonds is 5. The van der Waals surface area contributed by atoms with Crippen molar-refractivity contribution in [3.05, 3.63) is 18.3 Å². The lowest BCUT2D eigenvalue weighted by atomic mass is 9.77. The second-order valence-electron chi connectivity index (χ2n) is 7.60. The van der Waals surface area contributed by atoms with E-state index in [1.807, 2.05) is 12.1 Å². The number of hydrogen-bond donors (Lipinski definition) is 1. The predicted octanol–water partition coefficient (Wildman–Crippen LogP) is 1.62. The smallest absolute Gasteiger partial charge is 0.217 e. The van der Waals surface area contributed by atoms with Gasteiger partial charge in [0.1, 0.15) is 0 Å². The Bertz CT molecular complexity index is 578. The third-order valence-corrected chi connectivity index (χ3v) is 5.63. The van der Waals surface area contributed by atoms with E-state index in [2.05, 4.69) is 20.4 Å². The van der Waals surface area contributed by atoms with Crippen LogP contribution in [0.1, 0.15) is 32.6 Å². The van der Waals surface area contributed by atoms with E-state index in [1.165, 1.54) is 12.8 Å². The van der Waals surface area contributed by atoms with Gasteiger partial charge in [-0.05, 0) is 55.6 Å². The molecule has 6 heteroatoms. The summed E-state index contributed by atoms with van der Waals surface area (Å²) in [6.45, 7) is 4.46. The summed E-state index contributed by atoms with van der Waals surface area (Å²) in [5, 5.41) is 11.4. The van der Waals surface area contributed by atoms with Gasteiger partial charge in [-0.1, -0.05) is 0 Å². The number of fused-ring (bicyclic) bond motifs is 1.